The zero-order chi connectivity index (χ0) is 23.3. The highest BCUT2D eigenvalue weighted by Crippen LogP contribution is 2.43. The summed E-state index contributed by atoms with van der Waals surface area (Å²) in [5.41, 5.74) is 6.99. The predicted octanol–water partition coefficient (Wildman–Crippen LogP) is 4.33. The molecular formula is C26H22BrN3O3. The minimum Gasteiger partial charge on any atom is -0.274 e. The number of hydrogen-bond donors (Lipinski definition) is 1. The molecule has 2 heterocycles. The number of nitrogens with one attached hydrogen (secondary N) is 1. The number of benzene rings is 3. The fourth-order valence-corrected chi connectivity index (χ4v) is 5.15. The van der Waals surface area contributed by atoms with Crippen molar-refractivity contribution in [2.24, 2.45) is 5.92 Å². The molecule has 2 saturated heterocycles. The van der Waals surface area contributed by atoms with E-state index in [1.165, 1.54) is 9.91 Å². The summed E-state index contributed by atoms with van der Waals surface area (Å²) in [6.07, 6.45) is 0. The Kier molecular flexibility index (Phi) is 5.38. The van der Waals surface area contributed by atoms with Crippen molar-refractivity contribution in [1.29, 1.82) is 0 Å². The molecule has 5 rings (SSSR count). The SMILES string of the molecule is Cc1cccc(N2C(=O)[C@H]3[C@@H](C2=O)N(C(=O)c2cccc(Br)c2)N[C@H]3c2ccccc2C)c1. The number of carbonyl (C=O) groups is 3. The summed E-state index contributed by atoms with van der Waals surface area (Å²) in [7, 11) is 0. The Balaban J connectivity index is 1.61. The zero-order valence-electron chi connectivity index (χ0n) is 18.2. The maximum atomic E-state index is 13.7. The van der Waals surface area contributed by atoms with Gasteiger partial charge in [0.1, 0.15) is 6.04 Å². The second-order valence-corrected chi connectivity index (χ2v) is 9.39. The first-order chi connectivity index (χ1) is 15.9. The van der Waals surface area contributed by atoms with Crippen LogP contribution in [-0.4, -0.2) is 28.8 Å². The lowest BCUT2D eigenvalue weighted by molar-refractivity contribution is -0.123. The van der Waals surface area contributed by atoms with E-state index in [-0.39, 0.29) is 11.8 Å². The van der Waals surface area contributed by atoms with Crippen molar-refractivity contribution in [2.75, 3.05) is 4.90 Å². The average molecular weight is 504 g/mol. The minimum absolute atomic E-state index is 0.305. The zero-order valence-corrected chi connectivity index (χ0v) is 19.7. The summed E-state index contributed by atoms with van der Waals surface area (Å²) < 4.78 is 0.759. The number of rotatable bonds is 3. The molecule has 0 spiro atoms. The van der Waals surface area contributed by atoms with Crippen molar-refractivity contribution in [3.63, 3.8) is 0 Å². The number of fused-ring (bicyclic) bond motifs is 1. The van der Waals surface area contributed by atoms with E-state index in [2.05, 4.69) is 21.4 Å². The molecule has 7 heteroatoms. The summed E-state index contributed by atoms with van der Waals surface area (Å²) in [6.45, 7) is 3.88. The summed E-state index contributed by atoms with van der Waals surface area (Å²) in [4.78, 5) is 42.1. The van der Waals surface area contributed by atoms with Gasteiger partial charge in [-0.05, 0) is 60.9 Å². The Labute approximate surface area is 200 Å². The molecule has 0 unspecified atom stereocenters. The van der Waals surface area contributed by atoms with E-state index >= 15 is 0 Å². The number of nitrogens with zero attached hydrogens (tertiary/aromatic N) is 2. The summed E-state index contributed by atoms with van der Waals surface area (Å²) >= 11 is 3.40. The van der Waals surface area contributed by atoms with E-state index < -0.39 is 23.9 Å². The van der Waals surface area contributed by atoms with Crippen LogP contribution in [0.2, 0.25) is 0 Å². The van der Waals surface area contributed by atoms with Crippen LogP contribution in [0.15, 0.2) is 77.3 Å². The van der Waals surface area contributed by atoms with E-state index in [9.17, 15) is 14.4 Å². The van der Waals surface area contributed by atoms with E-state index in [4.69, 9.17) is 0 Å². The van der Waals surface area contributed by atoms with E-state index in [1.54, 1.807) is 24.3 Å². The lowest BCUT2D eigenvalue weighted by Crippen LogP contribution is -2.48. The van der Waals surface area contributed by atoms with Crippen LogP contribution in [-0.2, 0) is 9.59 Å². The first-order valence-corrected chi connectivity index (χ1v) is 11.5. The van der Waals surface area contributed by atoms with Gasteiger partial charge in [0.05, 0.1) is 17.6 Å². The van der Waals surface area contributed by atoms with Crippen molar-refractivity contribution in [1.82, 2.24) is 10.4 Å². The number of amides is 3. The maximum absolute atomic E-state index is 13.7. The van der Waals surface area contributed by atoms with Crippen molar-refractivity contribution in [3.8, 4) is 0 Å². The van der Waals surface area contributed by atoms with Crippen LogP contribution in [0.3, 0.4) is 0 Å². The highest BCUT2D eigenvalue weighted by Gasteiger charge is 2.60. The third-order valence-electron chi connectivity index (χ3n) is 6.31. The summed E-state index contributed by atoms with van der Waals surface area (Å²) in [5, 5.41) is 1.35. The molecule has 2 fully saturated rings. The molecule has 0 aliphatic carbocycles. The number of hydrazine groups is 1. The number of halogens is 1. The molecule has 6 nitrogen and oxygen atoms in total. The molecule has 0 bridgehead atoms. The number of aryl methyl sites for hydroxylation is 2. The highest BCUT2D eigenvalue weighted by atomic mass is 79.9. The van der Waals surface area contributed by atoms with Crippen LogP contribution < -0.4 is 10.3 Å². The van der Waals surface area contributed by atoms with Gasteiger partial charge < -0.3 is 0 Å². The molecule has 3 aromatic carbocycles. The van der Waals surface area contributed by atoms with Gasteiger partial charge in [-0.1, -0.05) is 58.4 Å². The monoisotopic (exact) mass is 503 g/mol. The van der Waals surface area contributed by atoms with Gasteiger partial charge >= 0.3 is 0 Å². The molecule has 166 valence electrons. The summed E-state index contributed by atoms with van der Waals surface area (Å²) in [6, 6.07) is 20.6. The first-order valence-electron chi connectivity index (χ1n) is 10.7. The van der Waals surface area contributed by atoms with Gasteiger partial charge in [0.15, 0.2) is 0 Å². The average Bonchev–Trinajstić information content (AvgIpc) is 3.30. The van der Waals surface area contributed by atoms with Crippen molar-refractivity contribution in [2.45, 2.75) is 25.9 Å². The second kappa shape index (κ2) is 8.24. The Morgan fingerprint density at radius 3 is 2.39 bits per heavy atom. The molecule has 3 atom stereocenters. The molecule has 33 heavy (non-hydrogen) atoms. The lowest BCUT2D eigenvalue weighted by atomic mass is 9.88. The van der Waals surface area contributed by atoms with E-state index in [1.807, 2.05) is 62.4 Å². The number of imide groups is 1. The van der Waals surface area contributed by atoms with Gasteiger partial charge in [0.25, 0.3) is 11.8 Å². The molecule has 0 aromatic heterocycles. The fourth-order valence-electron chi connectivity index (χ4n) is 4.75. The maximum Gasteiger partial charge on any atom is 0.268 e. The van der Waals surface area contributed by atoms with E-state index in [0.29, 0.717) is 11.3 Å². The van der Waals surface area contributed by atoms with Crippen LogP contribution in [0.1, 0.15) is 33.1 Å². The van der Waals surface area contributed by atoms with Gasteiger partial charge in [0.2, 0.25) is 5.91 Å². The van der Waals surface area contributed by atoms with Crippen LogP contribution in [0.4, 0.5) is 5.69 Å². The van der Waals surface area contributed by atoms with Gasteiger partial charge in [-0.15, -0.1) is 0 Å². The van der Waals surface area contributed by atoms with E-state index in [0.717, 1.165) is 21.2 Å². The highest BCUT2D eigenvalue weighted by molar-refractivity contribution is 9.10. The summed E-state index contributed by atoms with van der Waals surface area (Å²) in [5.74, 6) is -1.78. The Hall–Kier alpha value is -3.29. The Morgan fingerprint density at radius 2 is 1.67 bits per heavy atom. The molecule has 0 saturated carbocycles. The van der Waals surface area contributed by atoms with Gasteiger partial charge in [-0.3, -0.25) is 19.4 Å². The van der Waals surface area contributed by atoms with Crippen molar-refractivity contribution < 1.29 is 14.4 Å². The van der Waals surface area contributed by atoms with Crippen LogP contribution in [0.25, 0.3) is 0 Å². The standard InChI is InChI=1S/C26H22BrN3O3/c1-15-7-5-11-19(13-15)29-25(32)21-22(20-12-4-3-8-16(20)2)28-30(23(21)26(29)33)24(31)17-9-6-10-18(27)14-17/h3-14,21-23,28H,1-2H3/t21-,22+,23+/m1/s1. The third-order valence-corrected chi connectivity index (χ3v) is 6.80. The second-order valence-electron chi connectivity index (χ2n) is 8.47. The third kappa shape index (κ3) is 3.57. The topological polar surface area (TPSA) is 69.7 Å². The van der Waals surface area contributed by atoms with Crippen molar-refractivity contribution in [3.05, 3.63) is 99.5 Å². The molecule has 3 aromatic rings. The number of hydrogen-bond acceptors (Lipinski definition) is 4. The molecule has 3 amide bonds. The molecule has 0 radical (unpaired) electrons. The Bertz CT molecular complexity index is 1290. The van der Waals surface area contributed by atoms with Crippen LogP contribution >= 0.6 is 15.9 Å². The normalized spacial score (nSPS) is 22.1. The predicted molar refractivity (Wildman–Crippen MR) is 128 cm³/mol. The number of anilines is 1. The van der Waals surface area contributed by atoms with Gasteiger partial charge in [-0.25, -0.2) is 10.3 Å². The molecular weight excluding hydrogens is 482 g/mol. The largest absolute Gasteiger partial charge is 0.274 e. The molecule has 2 aliphatic rings. The van der Waals surface area contributed by atoms with Gasteiger partial charge in [-0.2, -0.15) is 0 Å². The van der Waals surface area contributed by atoms with Crippen LogP contribution in [0, 0.1) is 19.8 Å². The Morgan fingerprint density at radius 1 is 0.909 bits per heavy atom. The minimum atomic E-state index is -0.936. The molecule has 1 N–H and O–H groups in total. The number of carbonyl (C=O) groups excluding carboxylic acids is 3. The van der Waals surface area contributed by atoms with Crippen LogP contribution in [0.5, 0.6) is 0 Å². The molecule has 2 aliphatic heterocycles. The van der Waals surface area contributed by atoms with Crippen molar-refractivity contribution >= 4 is 39.3 Å². The quantitative estimate of drug-likeness (QED) is 0.540. The van der Waals surface area contributed by atoms with Gasteiger partial charge in [0, 0.05) is 10.0 Å². The first kappa shape index (κ1) is 21.6. The smallest absolute Gasteiger partial charge is 0.268 e. The fraction of sp³-hybridized carbons (Fsp3) is 0.192. The lowest BCUT2D eigenvalue weighted by Gasteiger charge is -2.25.